The molecule has 4 aromatic carbocycles. The Balaban J connectivity index is 1.68. The van der Waals surface area contributed by atoms with E-state index in [0.717, 1.165) is 56.6 Å². The van der Waals surface area contributed by atoms with Gasteiger partial charge in [-0.3, -0.25) is 28.3 Å². The molecular formula is C32H26N2O4S. The fraction of sp³-hybridized carbons (Fsp3) is 0.250. The SMILES string of the molecule is CCCCn1c(=O)c2cccc3c4sc5ccc6c(=O)n(CCCC)c(=O)c7ccc(c4cc(c1=O)c23)c5c67. The van der Waals surface area contributed by atoms with Crippen molar-refractivity contribution in [2.24, 2.45) is 0 Å². The molecule has 0 radical (unpaired) electrons. The van der Waals surface area contributed by atoms with Gasteiger partial charge in [-0.2, -0.15) is 0 Å². The predicted molar refractivity (Wildman–Crippen MR) is 163 cm³/mol. The molecule has 0 unspecified atom stereocenters. The second-order valence-electron chi connectivity index (χ2n) is 10.4. The average Bonchev–Trinajstić information content (AvgIpc) is 2.95. The minimum absolute atomic E-state index is 0.240. The Morgan fingerprint density at radius 2 is 1.10 bits per heavy atom. The van der Waals surface area contributed by atoms with Gasteiger partial charge in [0.1, 0.15) is 0 Å². The number of pyridine rings is 2. The monoisotopic (exact) mass is 534 g/mol. The van der Waals surface area contributed by atoms with Crippen LogP contribution in [0.25, 0.3) is 63.3 Å². The van der Waals surface area contributed by atoms with Crippen LogP contribution in [0.15, 0.2) is 67.7 Å². The second kappa shape index (κ2) is 8.71. The Kier molecular flexibility index (Phi) is 5.36. The van der Waals surface area contributed by atoms with E-state index in [4.69, 9.17) is 0 Å². The largest absolute Gasteiger partial charge is 0.274 e. The maximum atomic E-state index is 13.7. The van der Waals surface area contributed by atoms with E-state index in [1.165, 1.54) is 9.13 Å². The third kappa shape index (κ3) is 3.20. The molecule has 6 nitrogen and oxygen atoms in total. The van der Waals surface area contributed by atoms with Crippen molar-refractivity contribution >= 4 is 74.6 Å². The van der Waals surface area contributed by atoms with Crippen molar-refractivity contribution < 1.29 is 0 Å². The van der Waals surface area contributed by atoms with Gasteiger partial charge in [-0.1, -0.05) is 44.9 Å². The summed E-state index contributed by atoms with van der Waals surface area (Å²) in [6.07, 6.45) is 3.28. The highest BCUT2D eigenvalue weighted by Gasteiger charge is 2.21. The summed E-state index contributed by atoms with van der Waals surface area (Å²) in [4.78, 5) is 53.9. The molecule has 0 fully saturated rings. The van der Waals surface area contributed by atoms with Gasteiger partial charge in [0.2, 0.25) is 0 Å². The van der Waals surface area contributed by atoms with Crippen LogP contribution in [0.4, 0.5) is 0 Å². The summed E-state index contributed by atoms with van der Waals surface area (Å²) in [5.41, 5.74) is -1.01. The maximum Gasteiger partial charge on any atom is 0.261 e. The molecule has 7 heteroatoms. The molecule has 0 atom stereocenters. The minimum atomic E-state index is -0.268. The molecule has 3 aromatic heterocycles. The molecule has 0 amide bonds. The molecule has 194 valence electrons. The molecule has 0 aliphatic heterocycles. The van der Waals surface area contributed by atoms with Crippen LogP contribution >= 0.6 is 11.3 Å². The van der Waals surface area contributed by atoms with E-state index in [2.05, 4.69) is 0 Å². The molecule has 3 heterocycles. The molecule has 0 saturated carbocycles. The lowest BCUT2D eigenvalue weighted by Crippen LogP contribution is -2.33. The lowest BCUT2D eigenvalue weighted by Gasteiger charge is -2.16. The Morgan fingerprint density at radius 1 is 0.564 bits per heavy atom. The zero-order valence-corrected chi connectivity index (χ0v) is 22.6. The highest BCUT2D eigenvalue weighted by molar-refractivity contribution is 7.26. The second-order valence-corrected chi connectivity index (χ2v) is 11.4. The fourth-order valence-electron chi connectivity index (χ4n) is 6.16. The van der Waals surface area contributed by atoms with Gasteiger partial charge in [0, 0.05) is 71.0 Å². The highest BCUT2D eigenvalue weighted by atomic mass is 32.1. The first-order valence-electron chi connectivity index (χ1n) is 13.6. The van der Waals surface area contributed by atoms with Gasteiger partial charge in [0.05, 0.1) is 0 Å². The minimum Gasteiger partial charge on any atom is -0.274 e. The van der Waals surface area contributed by atoms with Crippen LogP contribution in [0, 0.1) is 0 Å². The molecule has 39 heavy (non-hydrogen) atoms. The Hall–Kier alpha value is -4.10. The third-order valence-corrected chi connectivity index (χ3v) is 9.31. The number of benzene rings is 4. The summed E-state index contributed by atoms with van der Waals surface area (Å²) in [6.45, 7) is 4.87. The quantitative estimate of drug-likeness (QED) is 0.188. The number of fused-ring (bicyclic) bond motifs is 3. The lowest BCUT2D eigenvalue weighted by molar-refractivity contribution is 0.604. The highest BCUT2D eigenvalue weighted by Crippen LogP contribution is 2.43. The van der Waals surface area contributed by atoms with Crippen LogP contribution in [0.1, 0.15) is 39.5 Å². The first-order valence-corrected chi connectivity index (χ1v) is 14.4. The van der Waals surface area contributed by atoms with Crippen molar-refractivity contribution in [2.45, 2.75) is 52.6 Å². The molecule has 0 N–H and O–H groups in total. The van der Waals surface area contributed by atoms with E-state index in [0.29, 0.717) is 45.4 Å². The van der Waals surface area contributed by atoms with Crippen molar-refractivity contribution in [3.05, 3.63) is 89.9 Å². The van der Waals surface area contributed by atoms with E-state index in [1.807, 2.05) is 56.3 Å². The summed E-state index contributed by atoms with van der Waals surface area (Å²) in [5.74, 6) is 0. The van der Waals surface area contributed by atoms with Gasteiger partial charge in [-0.25, -0.2) is 0 Å². The zero-order valence-electron chi connectivity index (χ0n) is 21.8. The van der Waals surface area contributed by atoms with Crippen molar-refractivity contribution in [2.75, 3.05) is 0 Å². The van der Waals surface area contributed by atoms with Crippen LogP contribution in [0.3, 0.4) is 0 Å². The van der Waals surface area contributed by atoms with Crippen LogP contribution < -0.4 is 22.2 Å². The number of hydrogen-bond acceptors (Lipinski definition) is 5. The lowest BCUT2D eigenvalue weighted by atomic mass is 9.95. The number of nitrogens with zero attached hydrogens (tertiary/aromatic N) is 2. The van der Waals surface area contributed by atoms with Crippen molar-refractivity contribution in [1.29, 1.82) is 0 Å². The van der Waals surface area contributed by atoms with E-state index in [1.54, 1.807) is 17.4 Å². The number of rotatable bonds is 6. The molecule has 0 bridgehead atoms. The van der Waals surface area contributed by atoms with Gasteiger partial charge in [-0.05, 0) is 48.6 Å². The summed E-state index contributed by atoms with van der Waals surface area (Å²) in [6, 6.07) is 15.1. The van der Waals surface area contributed by atoms with Gasteiger partial charge in [0.25, 0.3) is 22.2 Å². The predicted octanol–water partition coefficient (Wildman–Crippen LogP) is 6.19. The Labute approximate surface area is 226 Å². The zero-order chi connectivity index (χ0) is 27.0. The normalized spacial score (nSPS) is 12.4. The topological polar surface area (TPSA) is 78.1 Å². The summed E-state index contributed by atoms with van der Waals surface area (Å²) in [5, 5.41) is 7.11. The van der Waals surface area contributed by atoms with E-state index < -0.39 is 0 Å². The van der Waals surface area contributed by atoms with Gasteiger partial charge in [0.15, 0.2) is 0 Å². The Bertz CT molecular complexity index is 2310. The van der Waals surface area contributed by atoms with Crippen LogP contribution in [0.5, 0.6) is 0 Å². The van der Waals surface area contributed by atoms with Crippen LogP contribution in [-0.2, 0) is 13.1 Å². The van der Waals surface area contributed by atoms with Gasteiger partial charge < -0.3 is 0 Å². The molecule has 0 spiro atoms. The smallest absolute Gasteiger partial charge is 0.261 e. The Morgan fingerprint density at radius 3 is 1.74 bits per heavy atom. The summed E-state index contributed by atoms with van der Waals surface area (Å²) < 4.78 is 4.67. The van der Waals surface area contributed by atoms with Crippen molar-refractivity contribution in [1.82, 2.24) is 9.13 Å². The van der Waals surface area contributed by atoms with Crippen LogP contribution in [0.2, 0.25) is 0 Å². The summed E-state index contributed by atoms with van der Waals surface area (Å²) >= 11 is 1.57. The van der Waals surface area contributed by atoms with E-state index >= 15 is 0 Å². The van der Waals surface area contributed by atoms with Crippen LogP contribution in [-0.4, -0.2) is 9.13 Å². The van der Waals surface area contributed by atoms with E-state index in [-0.39, 0.29) is 22.2 Å². The third-order valence-electron chi connectivity index (χ3n) is 8.11. The molecule has 0 aliphatic rings. The van der Waals surface area contributed by atoms with Crippen molar-refractivity contribution in [3.8, 4) is 0 Å². The van der Waals surface area contributed by atoms with Gasteiger partial charge >= 0.3 is 0 Å². The number of hydrogen-bond donors (Lipinski definition) is 0. The average molecular weight is 535 g/mol. The number of aromatic nitrogens is 2. The molecule has 0 aliphatic carbocycles. The molecule has 7 rings (SSSR count). The molecular weight excluding hydrogens is 508 g/mol. The summed E-state index contributed by atoms with van der Waals surface area (Å²) in [7, 11) is 0. The molecule has 7 aromatic rings. The van der Waals surface area contributed by atoms with Crippen molar-refractivity contribution in [3.63, 3.8) is 0 Å². The first kappa shape index (κ1) is 24.0. The van der Waals surface area contributed by atoms with Gasteiger partial charge in [-0.15, -0.1) is 11.3 Å². The fourth-order valence-corrected chi connectivity index (χ4v) is 7.39. The first-order chi connectivity index (χ1) is 19.0. The maximum absolute atomic E-state index is 13.7. The number of unbranched alkanes of at least 4 members (excludes halogenated alkanes) is 2. The molecule has 0 saturated heterocycles. The van der Waals surface area contributed by atoms with E-state index in [9.17, 15) is 19.2 Å². The standard InChI is InChI=1S/C32H26N2O4S/c1-3-5-14-33-30(36)20-11-10-17-22-16-23-25-18(8-7-9-19(25)29(35)34(32(23)38)15-6-4-2)28(22)39-24-13-12-21(31(33)37)26(20)27(17)24/h7-13,16H,3-6,14-15H2,1-2H3.